The molecule has 82 valence electrons. The van der Waals surface area contributed by atoms with E-state index in [9.17, 15) is 4.79 Å². The highest BCUT2D eigenvalue weighted by Crippen LogP contribution is 2.09. The van der Waals surface area contributed by atoms with Gasteiger partial charge in [-0.2, -0.15) is 0 Å². The van der Waals surface area contributed by atoms with Crippen molar-refractivity contribution in [3.63, 3.8) is 0 Å². The van der Waals surface area contributed by atoms with Gasteiger partial charge in [-0.05, 0) is 31.1 Å². The summed E-state index contributed by atoms with van der Waals surface area (Å²) in [6.45, 7) is 2.19. The zero-order chi connectivity index (χ0) is 11.1. The van der Waals surface area contributed by atoms with Crippen LogP contribution in [0.4, 0.5) is 0 Å². The first kappa shape index (κ1) is 11.5. The van der Waals surface area contributed by atoms with Crippen molar-refractivity contribution in [2.75, 3.05) is 13.2 Å². The van der Waals surface area contributed by atoms with Crippen molar-refractivity contribution in [1.82, 2.24) is 0 Å². The minimum absolute atomic E-state index is 0.0839. The third-order valence-corrected chi connectivity index (χ3v) is 1.74. The van der Waals surface area contributed by atoms with Gasteiger partial charge in [-0.15, -0.1) is 0 Å². The van der Waals surface area contributed by atoms with Gasteiger partial charge >= 0.3 is 5.97 Å². The second-order valence-corrected chi connectivity index (χ2v) is 2.92. The molecule has 1 N–H and O–H groups in total. The lowest BCUT2D eigenvalue weighted by molar-refractivity contribution is -0.137. The highest BCUT2D eigenvalue weighted by molar-refractivity contribution is 5.86. The van der Waals surface area contributed by atoms with Crippen molar-refractivity contribution in [3.05, 3.63) is 29.7 Å². The summed E-state index contributed by atoms with van der Waals surface area (Å²) in [5.74, 6) is 0.184. The SMILES string of the molecule is CCOC(=O)C=Cc1cc(CCO)co1. The number of carbonyl (C=O) groups excluding carboxylic acids is 1. The number of rotatable bonds is 5. The molecule has 0 aromatic carbocycles. The first-order chi connectivity index (χ1) is 7.26. The van der Waals surface area contributed by atoms with Gasteiger partial charge < -0.3 is 14.3 Å². The smallest absolute Gasteiger partial charge is 0.330 e. The molecule has 0 aliphatic rings. The minimum Gasteiger partial charge on any atom is -0.465 e. The Labute approximate surface area is 88.2 Å². The Morgan fingerprint density at radius 2 is 2.47 bits per heavy atom. The molecule has 0 aliphatic heterocycles. The van der Waals surface area contributed by atoms with Crippen LogP contribution in [0.25, 0.3) is 6.08 Å². The van der Waals surface area contributed by atoms with Crippen molar-refractivity contribution >= 4 is 12.0 Å². The van der Waals surface area contributed by atoms with E-state index >= 15 is 0 Å². The van der Waals surface area contributed by atoms with Crippen LogP contribution in [0.3, 0.4) is 0 Å². The van der Waals surface area contributed by atoms with Gasteiger partial charge in [0.2, 0.25) is 0 Å². The zero-order valence-electron chi connectivity index (χ0n) is 8.60. The summed E-state index contributed by atoms with van der Waals surface area (Å²) in [5.41, 5.74) is 0.904. The number of furan rings is 1. The van der Waals surface area contributed by atoms with Crippen molar-refractivity contribution in [3.8, 4) is 0 Å². The lowest BCUT2D eigenvalue weighted by Crippen LogP contribution is -1.98. The van der Waals surface area contributed by atoms with E-state index in [0.717, 1.165) is 5.56 Å². The van der Waals surface area contributed by atoms with Gasteiger partial charge in [-0.1, -0.05) is 0 Å². The standard InChI is InChI=1S/C11H14O4/c1-2-14-11(13)4-3-10-7-9(5-6-12)8-15-10/h3-4,7-8,12H,2,5-6H2,1H3. The van der Waals surface area contributed by atoms with Crippen molar-refractivity contribution in [2.24, 2.45) is 0 Å². The minimum atomic E-state index is -0.391. The average Bonchev–Trinajstić information content (AvgIpc) is 2.64. The molecular formula is C11H14O4. The predicted molar refractivity (Wildman–Crippen MR) is 55.2 cm³/mol. The molecule has 1 rings (SSSR count). The summed E-state index contributed by atoms with van der Waals surface area (Å²) in [5, 5.41) is 8.68. The van der Waals surface area contributed by atoms with Crippen molar-refractivity contribution in [2.45, 2.75) is 13.3 Å². The van der Waals surface area contributed by atoms with Gasteiger partial charge in [0, 0.05) is 12.7 Å². The van der Waals surface area contributed by atoms with E-state index in [4.69, 9.17) is 14.3 Å². The van der Waals surface area contributed by atoms with Gasteiger partial charge in [0.1, 0.15) is 5.76 Å². The van der Waals surface area contributed by atoms with Crippen LogP contribution < -0.4 is 0 Å². The molecule has 0 atom stereocenters. The molecule has 1 heterocycles. The molecule has 1 aromatic rings. The van der Waals surface area contributed by atoms with E-state index < -0.39 is 5.97 Å². The summed E-state index contributed by atoms with van der Waals surface area (Å²) in [7, 11) is 0. The maximum atomic E-state index is 11.0. The maximum absolute atomic E-state index is 11.0. The molecule has 4 heteroatoms. The van der Waals surface area contributed by atoms with Crippen LogP contribution in [0.2, 0.25) is 0 Å². The number of carbonyl (C=O) groups is 1. The number of hydrogen-bond acceptors (Lipinski definition) is 4. The van der Waals surface area contributed by atoms with Crippen LogP contribution in [-0.4, -0.2) is 24.3 Å². The fraction of sp³-hybridized carbons (Fsp3) is 0.364. The van der Waals surface area contributed by atoms with E-state index in [0.29, 0.717) is 18.8 Å². The van der Waals surface area contributed by atoms with Gasteiger partial charge in [0.15, 0.2) is 0 Å². The van der Waals surface area contributed by atoms with Crippen LogP contribution >= 0.6 is 0 Å². The highest BCUT2D eigenvalue weighted by Gasteiger charge is 1.99. The van der Waals surface area contributed by atoms with Crippen molar-refractivity contribution < 1.29 is 19.1 Å². The van der Waals surface area contributed by atoms with Gasteiger partial charge in [-0.25, -0.2) is 4.79 Å². The van der Waals surface area contributed by atoms with Crippen LogP contribution in [0.1, 0.15) is 18.2 Å². The topological polar surface area (TPSA) is 59.7 Å². The molecule has 0 bridgehead atoms. The van der Waals surface area contributed by atoms with Gasteiger partial charge in [-0.3, -0.25) is 0 Å². The number of aliphatic hydroxyl groups excluding tert-OH is 1. The molecule has 4 nitrogen and oxygen atoms in total. The van der Waals surface area contributed by atoms with Crippen molar-refractivity contribution in [1.29, 1.82) is 0 Å². The number of hydrogen-bond donors (Lipinski definition) is 1. The summed E-state index contributed by atoms with van der Waals surface area (Å²) in [6.07, 6.45) is 4.96. The van der Waals surface area contributed by atoms with Crippen LogP contribution in [-0.2, 0) is 16.0 Å². The lowest BCUT2D eigenvalue weighted by atomic mass is 10.2. The van der Waals surface area contributed by atoms with Crippen LogP contribution in [0.15, 0.2) is 22.8 Å². The summed E-state index contributed by atoms with van der Waals surface area (Å²) >= 11 is 0. The maximum Gasteiger partial charge on any atom is 0.330 e. The first-order valence-corrected chi connectivity index (χ1v) is 4.79. The second kappa shape index (κ2) is 6.03. The zero-order valence-corrected chi connectivity index (χ0v) is 8.60. The Bertz CT molecular complexity index is 338. The number of aliphatic hydroxyl groups is 1. The van der Waals surface area contributed by atoms with Gasteiger partial charge in [0.05, 0.1) is 12.9 Å². The Morgan fingerprint density at radius 1 is 1.67 bits per heavy atom. The molecule has 0 fully saturated rings. The van der Waals surface area contributed by atoms with E-state index in [1.54, 1.807) is 25.3 Å². The largest absolute Gasteiger partial charge is 0.465 e. The molecule has 15 heavy (non-hydrogen) atoms. The summed E-state index contributed by atoms with van der Waals surface area (Å²) in [6, 6.07) is 1.77. The summed E-state index contributed by atoms with van der Waals surface area (Å²) in [4.78, 5) is 11.0. The highest BCUT2D eigenvalue weighted by atomic mass is 16.5. The molecule has 1 aromatic heterocycles. The number of ether oxygens (including phenoxy) is 1. The Morgan fingerprint density at radius 3 is 3.13 bits per heavy atom. The lowest BCUT2D eigenvalue weighted by Gasteiger charge is -1.92. The quantitative estimate of drug-likeness (QED) is 0.589. The third-order valence-electron chi connectivity index (χ3n) is 1.74. The van der Waals surface area contributed by atoms with Crippen LogP contribution in [0.5, 0.6) is 0 Å². The second-order valence-electron chi connectivity index (χ2n) is 2.92. The summed E-state index contributed by atoms with van der Waals surface area (Å²) < 4.78 is 9.85. The fourth-order valence-corrected chi connectivity index (χ4v) is 1.08. The molecular weight excluding hydrogens is 196 g/mol. The van der Waals surface area contributed by atoms with E-state index in [-0.39, 0.29) is 6.61 Å². The predicted octanol–water partition coefficient (Wildman–Crippen LogP) is 1.39. The van der Waals surface area contributed by atoms with E-state index in [1.165, 1.54) is 6.08 Å². The Kier molecular flexibility index (Phi) is 4.63. The molecule has 0 spiro atoms. The monoisotopic (exact) mass is 210 g/mol. The average molecular weight is 210 g/mol. The van der Waals surface area contributed by atoms with E-state index in [1.807, 2.05) is 0 Å². The number of esters is 1. The fourth-order valence-electron chi connectivity index (χ4n) is 1.08. The Balaban J connectivity index is 2.52. The molecule has 0 amide bonds. The third kappa shape index (κ3) is 3.99. The molecule has 0 radical (unpaired) electrons. The molecule has 0 saturated carbocycles. The van der Waals surface area contributed by atoms with Crippen LogP contribution in [0, 0.1) is 0 Å². The first-order valence-electron chi connectivity index (χ1n) is 4.79. The molecule has 0 unspecified atom stereocenters. The van der Waals surface area contributed by atoms with E-state index in [2.05, 4.69) is 0 Å². The molecule has 0 aliphatic carbocycles. The normalized spacial score (nSPS) is 10.8. The molecule has 0 saturated heterocycles. The van der Waals surface area contributed by atoms with Gasteiger partial charge in [0.25, 0.3) is 0 Å². The Hall–Kier alpha value is -1.55.